The molecule has 0 unspecified atom stereocenters. The van der Waals surface area contributed by atoms with E-state index in [1.807, 2.05) is 0 Å². The highest BCUT2D eigenvalue weighted by Crippen LogP contribution is 2.30. The summed E-state index contributed by atoms with van der Waals surface area (Å²) in [7, 11) is -3.73. The fourth-order valence-electron chi connectivity index (χ4n) is 3.08. The lowest BCUT2D eigenvalue weighted by molar-refractivity contribution is -0.384. The Labute approximate surface area is 157 Å². The van der Waals surface area contributed by atoms with Crippen molar-refractivity contribution in [1.82, 2.24) is 4.31 Å². The summed E-state index contributed by atoms with van der Waals surface area (Å²) < 4.78 is 40.2. The Morgan fingerprint density at radius 1 is 1.15 bits per heavy atom. The number of nitro benzene ring substituents is 1. The van der Waals surface area contributed by atoms with Crippen LogP contribution in [0.2, 0.25) is 0 Å². The normalized spacial score (nSPS) is 15.0. The van der Waals surface area contributed by atoms with Gasteiger partial charge in [0.15, 0.2) is 0 Å². The molecule has 1 aliphatic rings. The van der Waals surface area contributed by atoms with Gasteiger partial charge in [-0.05, 0) is 43.0 Å². The van der Waals surface area contributed by atoms with Crippen molar-refractivity contribution in [2.75, 3.05) is 25.0 Å². The molecule has 2 aromatic rings. The van der Waals surface area contributed by atoms with E-state index in [-0.39, 0.29) is 28.6 Å². The van der Waals surface area contributed by atoms with Crippen LogP contribution in [0.25, 0.3) is 0 Å². The van der Waals surface area contributed by atoms with E-state index in [1.165, 1.54) is 22.5 Å². The van der Waals surface area contributed by atoms with E-state index in [2.05, 4.69) is 5.32 Å². The second-order valence-electron chi connectivity index (χ2n) is 6.32. The maximum Gasteiger partial charge on any atom is 0.293 e. The summed E-state index contributed by atoms with van der Waals surface area (Å²) >= 11 is 0. The quantitative estimate of drug-likeness (QED) is 0.576. The molecule has 27 heavy (non-hydrogen) atoms. The van der Waals surface area contributed by atoms with Crippen LogP contribution in [0.5, 0.6) is 0 Å². The van der Waals surface area contributed by atoms with Gasteiger partial charge < -0.3 is 5.32 Å². The molecule has 0 aromatic heterocycles. The van der Waals surface area contributed by atoms with Gasteiger partial charge >= 0.3 is 0 Å². The predicted octanol–water partition coefficient (Wildman–Crippen LogP) is 3.17. The van der Waals surface area contributed by atoms with Crippen LogP contribution in [0.4, 0.5) is 15.8 Å². The first kappa shape index (κ1) is 19.2. The summed E-state index contributed by atoms with van der Waals surface area (Å²) in [6, 6.07) is 10.2. The highest BCUT2D eigenvalue weighted by Gasteiger charge is 2.29. The van der Waals surface area contributed by atoms with Crippen LogP contribution in [0.1, 0.15) is 18.4 Å². The van der Waals surface area contributed by atoms with E-state index in [4.69, 9.17) is 0 Å². The number of nitrogens with one attached hydrogen (secondary N) is 1. The van der Waals surface area contributed by atoms with Gasteiger partial charge in [0.25, 0.3) is 5.69 Å². The summed E-state index contributed by atoms with van der Waals surface area (Å²) in [5.41, 5.74) is 0.390. The topological polar surface area (TPSA) is 92.5 Å². The number of anilines is 1. The van der Waals surface area contributed by atoms with Crippen molar-refractivity contribution in [3.05, 3.63) is 64.0 Å². The molecule has 1 fully saturated rings. The minimum absolute atomic E-state index is 0.0873. The first-order chi connectivity index (χ1) is 12.9. The number of sulfonamides is 1. The van der Waals surface area contributed by atoms with E-state index in [9.17, 15) is 22.9 Å². The maximum absolute atomic E-state index is 13.6. The lowest BCUT2D eigenvalue weighted by Crippen LogP contribution is -2.27. The Bertz CT molecular complexity index is 943. The Morgan fingerprint density at radius 2 is 1.85 bits per heavy atom. The summed E-state index contributed by atoms with van der Waals surface area (Å²) in [6.45, 7) is 1.14. The summed E-state index contributed by atoms with van der Waals surface area (Å²) in [4.78, 5) is 10.7. The molecule has 3 rings (SSSR count). The number of hydrogen-bond acceptors (Lipinski definition) is 5. The molecule has 2 aromatic carbocycles. The van der Waals surface area contributed by atoms with Gasteiger partial charge in [-0.2, -0.15) is 4.31 Å². The molecule has 0 bridgehead atoms. The fourth-order valence-corrected chi connectivity index (χ4v) is 4.62. The first-order valence-corrected chi connectivity index (χ1v) is 10.1. The average Bonchev–Trinajstić information content (AvgIpc) is 3.19. The standard InChI is InChI=1S/C18H20FN3O4S/c19-16-6-2-1-5-14(16)9-10-20-17-8-7-15(13-18(17)22(23)24)27(25,26)21-11-3-4-12-21/h1-2,5-8,13,20H,3-4,9-12H2. The second kappa shape index (κ2) is 8.01. The molecule has 1 heterocycles. The molecule has 0 amide bonds. The number of rotatable bonds is 7. The van der Waals surface area contributed by atoms with Gasteiger partial charge in [0.05, 0.1) is 9.82 Å². The first-order valence-electron chi connectivity index (χ1n) is 8.65. The van der Waals surface area contributed by atoms with E-state index >= 15 is 0 Å². The van der Waals surface area contributed by atoms with Crippen LogP contribution in [-0.2, 0) is 16.4 Å². The number of benzene rings is 2. The zero-order chi connectivity index (χ0) is 19.4. The van der Waals surface area contributed by atoms with Crippen LogP contribution in [0.15, 0.2) is 47.4 Å². The SMILES string of the molecule is O=[N+]([O-])c1cc(S(=O)(=O)N2CCCC2)ccc1NCCc1ccccc1F. The Balaban J connectivity index is 1.78. The van der Waals surface area contributed by atoms with Gasteiger partial charge in [-0.25, -0.2) is 12.8 Å². The van der Waals surface area contributed by atoms with Crippen LogP contribution >= 0.6 is 0 Å². The third-order valence-electron chi connectivity index (χ3n) is 4.54. The van der Waals surface area contributed by atoms with Crippen molar-refractivity contribution < 1.29 is 17.7 Å². The highest BCUT2D eigenvalue weighted by atomic mass is 32.2. The van der Waals surface area contributed by atoms with E-state index in [1.54, 1.807) is 18.2 Å². The molecule has 1 N–H and O–H groups in total. The van der Waals surface area contributed by atoms with Crippen molar-refractivity contribution in [2.24, 2.45) is 0 Å². The summed E-state index contributed by atoms with van der Waals surface area (Å²) in [5.74, 6) is -0.333. The van der Waals surface area contributed by atoms with E-state index in [0.717, 1.165) is 18.9 Å². The largest absolute Gasteiger partial charge is 0.379 e. The monoisotopic (exact) mass is 393 g/mol. The Morgan fingerprint density at radius 3 is 2.52 bits per heavy atom. The zero-order valence-corrected chi connectivity index (χ0v) is 15.4. The predicted molar refractivity (Wildman–Crippen MR) is 99.7 cm³/mol. The number of nitrogens with zero attached hydrogens (tertiary/aromatic N) is 2. The molecule has 144 valence electrons. The van der Waals surface area contributed by atoms with Gasteiger partial charge in [0.2, 0.25) is 10.0 Å². The van der Waals surface area contributed by atoms with Crippen LogP contribution in [0, 0.1) is 15.9 Å². The number of nitro groups is 1. The molecule has 1 aliphatic heterocycles. The zero-order valence-electron chi connectivity index (χ0n) is 14.6. The fraction of sp³-hybridized carbons (Fsp3) is 0.333. The van der Waals surface area contributed by atoms with Crippen molar-refractivity contribution in [3.8, 4) is 0 Å². The van der Waals surface area contributed by atoms with Gasteiger partial charge in [-0.1, -0.05) is 18.2 Å². The molecular formula is C18H20FN3O4S. The smallest absolute Gasteiger partial charge is 0.293 e. The molecule has 7 nitrogen and oxygen atoms in total. The van der Waals surface area contributed by atoms with Crippen molar-refractivity contribution in [2.45, 2.75) is 24.2 Å². The number of halogens is 1. The molecule has 0 spiro atoms. The minimum Gasteiger partial charge on any atom is -0.379 e. The molecule has 0 saturated carbocycles. The third-order valence-corrected chi connectivity index (χ3v) is 6.43. The van der Waals surface area contributed by atoms with Crippen molar-refractivity contribution in [3.63, 3.8) is 0 Å². The van der Waals surface area contributed by atoms with Gasteiger partial charge in [0.1, 0.15) is 11.5 Å². The molecule has 1 saturated heterocycles. The molecule has 0 atom stereocenters. The van der Waals surface area contributed by atoms with Gasteiger partial charge in [0, 0.05) is 25.7 Å². The summed E-state index contributed by atoms with van der Waals surface area (Å²) in [5, 5.41) is 14.3. The Hall–Kier alpha value is -2.52. The third kappa shape index (κ3) is 4.25. The highest BCUT2D eigenvalue weighted by molar-refractivity contribution is 7.89. The van der Waals surface area contributed by atoms with Crippen molar-refractivity contribution >= 4 is 21.4 Å². The van der Waals surface area contributed by atoms with Gasteiger partial charge in [-0.3, -0.25) is 10.1 Å². The maximum atomic E-state index is 13.6. The number of hydrogen-bond donors (Lipinski definition) is 1. The van der Waals surface area contributed by atoms with E-state index < -0.39 is 14.9 Å². The van der Waals surface area contributed by atoms with Gasteiger partial charge in [-0.15, -0.1) is 0 Å². The molecule has 9 heteroatoms. The van der Waals surface area contributed by atoms with Crippen molar-refractivity contribution in [1.29, 1.82) is 0 Å². The summed E-state index contributed by atoms with van der Waals surface area (Å²) in [6.07, 6.45) is 1.92. The molecular weight excluding hydrogens is 373 g/mol. The van der Waals surface area contributed by atoms with Crippen LogP contribution in [-0.4, -0.2) is 37.3 Å². The lowest BCUT2D eigenvalue weighted by atomic mass is 10.1. The Kier molecular flexibility index (Phi) is 5.71. The molecule has 0 radical (unpaired) electrons. The second-order valence-corrected chi connectivity index (χ2v) is 8.25. The minimum atomic E-state index is -3.73. The molecule has 0 aliphatic carbocycles. The van der Waals surface area contributed by atoms with Crippen LogP contribution < -0.4 is 5.32 Å². The van der Waals surface area contributed by atoms with E-state index in [0.29, 0.717) is 25.1 Å². The average molecular weight is 393 g/mol. The van der Waals surface area contributed by atoms with Crippen LogP contribution in [0.3, 0.4) is 0 Å². The lowest BCUT2D eigenvalue weighted by Gasteiger charge is -2.16.